The second-order valence-electron chi connectivity index (χ2n) is 6.82. The van der Waals surface area contributed by atoms with E-state index in [-0.39, 0.29) is 0 Å². The second-order valence-corrected chi connectivity index (χ2v) is 7.68. The Balaban J connectivity index is 1.61. The molecule has 0 bridgehead atoms. The summed E-state index contributed by atoms with van der Waals surface area (Å²) >= 11 is 1.72. The van der Waals surface area contributed by atoms with Crippen LogP contribution in [0.25, 0.3) is 22.2 Å². The van der Waals surface area contributed by atoms with Gasteiger partial charge in [0.25, 0.3) is 0 Å². The average Bonchev–Trinajstić information content (AvgIpc) is 3.10. The fourth-order valence-corrected chi connectivity index (χ4v) is 4.58. The van der Waals surface area contributed by atoms with Crippen LogP contribution in [0.3, 0.4) is 0 Å². The first-order valence-electron chi connectivity index (χ1n) is 8.50. The third-order valence-corrected chi connectivity index (χ3v) is 5.69. The van der Waals surface area contributed by atoms with Gasteiger partial charge in [-0.25, -0.2) is 4.98 Å². The Labute approximate surface area is 141 Å². The van der Waals surface area contributed by atoms with Gasteiger partial charge in [-0.2, -0.15) is 0 Å². The van der Waals surface area contributed by atoms with Crippen molar-refractivity contribution < 1.29 is 0 Å². The van der Waals surface area contributed by atoms with Crippen molar-refractivity contribution in [2.24, 2.45) is 5.92 Å². The van der Waals surface area contributed by atoms with Gasteiger partial charge in [-0.3, -0.25) is 0 Å². The predicted octanol–water partition coefficient (Wildman–Crippen LogP) is 5.59. The van der Waals surface area contributed by atoms with Crippen LogP contribution in [0.2, 0.25) is 0 Å². The molecule has 0 radical (unpaired) electrons. The molecule has 0 aliphatic heterocycles. The summed E-state index contributed by atoms with van der Waals surface area (Å²) in [4.78, 5) is 8.34. The molecular weight excluding hydrogens is 302 g/mol. The molecule has 2 atom stereocenters. The highest BCUT2D eigenvalue weighted by Gasteiger charge is 2.20. The lowest BCUT2D eigenvalue weighted by molar-refractivity contribution is 0.358. The van der Waals surface area contributed by atoms with Crippen LogP contribution in [0.4, 0.5) is 5.13 Å². The van der Waals surface area contributed by atoms with E-state index in [1.807, 2.05) is 0 Å². The van der Waals surface area contributed by atoms with Crippen LogP contribution in [-0.4, -0.2) is 16.0 Å². The molecule has 3 aromatic rings. The van der Waals surface area contributed by atoms with Crippen LogP contribution in [0.15, 0.2) is 29.6 Å². The van der Waals surface area contributed by atoms with Crippen LogP contribution in [0.1, 0.15) is 38.3 Å². The molecule has 1 saturated carbocycles. The number of rotatable bonds is 3. The number of benzene rings is 1. The molecule has 4 rings (SSSR count). The molecule has 3 nitrogen and oxygen atoms in total. The molecule has 0 spiro atoms. The summed E-state index contributed by atoms with van der Waals surface area (Å²) in [7, 11) is 0. The molecule has 1 aliphatic carbocycles. The van der Waals surface area contributed by atoms with E-state index in [1.54, 1.807) is 11.3 Å². The number of fused-ring (bicyclic) bond motifs is 1. The average molecular weight is 325 g/mol. The highest BCUT2D eigenvalue weighted by molar-refractivity contribution is 7.14. The quantitative estimate of drug-likeness (QED) is 0.659. The van der Waals surface area contributed by atoms with Crippen molar-refractivity contribution in [3.63, 3.8) is 0 Å². The Morgan fingerprint density at radius 1 is 1.26 bits per heavy atom. The van der Waals surface area contributed by atoms with E-state index in [4.69, 9.17) is 4.98 Å². The fourth-order valence-electron chi connectivity index (χ4n) is 3.80. The zero-order chi connectivity index (χ0) is 15.8. The van der Waals surface area contributed by atoms with E-state index in [0.29, 0.717) is 6.04 Å². The van der Waals surface area contributed by atoms with Crippen molar-refractivity contribution in [3.8, 4) is 11.3 Å². The molecule has 1 aliphatic rings. The summed E-state index contributed by atoms with van der Waals surface area (Å²) in [6.07, 6.45) is 5.24. The van der Waals surface area contributed by atoms with E-state index in [9.17, 15) is 0 Å². The van der Waals surface area contributed by atoms with E-state index in [0.717, 1.165) is 16.7 Å². The molecule has 4 heteroatoms. The van der Waals surface area contributed by atoms with Crippen molar-refractivity contribution >= 4 is 27.4 Å². The molecule has 1 fully saturated rings. The molecule has 2 unspecified atom stereocenters. The summed E-state index contributed by atoms with van der Waals surface area (Å²) in [5, 5.41) is 8.15. The lowest BCUT2D eigenvalue weighted by atomic mass is 9.87. The largest absolute Gasteiger partial charge is 0.359 e. The summed E-state index contributed by atoms with van der Waals surface area (Å²) in [5.74, 6) is 0.830. The van der Waals surface area contributed by atoms with Gasteiger partial charge in [0.05, 0.1) is 5.69 Å². The minimum absolute atomic E-state index is 0.585. The molecule has 120 valence electrons. The Kier molecular flexibility index (Phi) is 3.85. The van der Waals surface area contributed by atoms with Crippen LogP contribution >= 0.6 is 11.3 Å². The lowest BCUT2D eigenvalue weighted by Crippen LogP contribution is -2.26. The molecule has 0 saturated heterocycles. The number of hydrogen-bond donors (Lipinski definition) is 2. The second kappa shape index (κ2) is 6.00. The number of aryl methyl sites for hydroxylation is 1. The number of anilines is 1. The summed E-state index contributed by atoms with van der Waals surface area (Å²) in [5.41, 5.74) is 4.69. The topological polar surface area (TPSA) is 40.7 Å². The third kappa shape index (κ3) is 2.88. The van der Waals surface area contributed by atoms with E-state index < -0.39 is 0 Å². The zero-order valence-corrected chi connectivity index (χ0v) is 14.5. The Morgan fingerprint density at radius 2 is 2.13 bits per heavy atom. The normalized spacial score (nSPS) is 21.7. The molecule has 2 aromatic heterocycles. The van der Waals surface area contributed by atoms with Crippen molar-refractivity contribution in [1.29, 1.82) is 0 Å². The van der Waals surface area contributed by atoms with Gasteiger partial charge < -0.3 is 10.3 Å². The van der Waals surface area contributed by atoms with Crippen molar-refractivity contribution in [2.45, 2.75) is 45.6 Å². The number of hydrogen-bond acceptors (Lipinski definition) is 3. The summed E-state index contributed by atoms with van der Waals surface area (Å²) in [6, 6.07) is 9.04. The molecule has 2 heterocycles. The van der Waals surface area contributed by atoms with Gasteiger partial charge in [0, 0.05) is 33.6 Å². The van der Waals surface area contributed by atoms with Crippen LogP contribution < -0.4 is 5.32 Å². The number of aromatic amines is 1. The van der Waals surface area contributed by atoms with E-state index in [1.165, 1.54) is 47.8 Å². The van der Waals surface area contributed by atoms with Crippen molar-refractivity contribution in [2.75, 3.05) is 5.32 Å². The number of nitrogens with one attached hydrogen (secondary N) is 2. The van der Waals surface area contributed by atoms with Gasteiger partial charge in [0.1, 0.15) is 0 Å². The number of thiazole rings is 1. The first-order chi connectivity index (χ1) is 11.2. The van der Waals surface area contributed by atoms with Crippen molar-refractivity contribution in [1.82, 2.24) is 9.97 Å². The predicted molar refractivity (Wildman–Crippen MR) is 99.2 cm³/mol. The Morgan fingerprint density at radius 3 is 3.00 bits per heavy atom. The monoisotopic (exact) mass is 325 g/mol. The maximum atomic E-state index is 4.87. The molecular formula is C19H23N3S. The molecule has 1 aromatic carbocycles. The summed E-state index contributed by atoms with van der Waals surface area (Å²) in [6.45, 7) is 4.49. The van der Waals surface area contributed by atoms with E-state index >= 15 is 0 Å². The van der Waals surface area contributed by atoms with Crippen LogP contribution in [0.5, 0.6) is 0 Å². The van der Waals surface area contributed by atoms with Gasteiger partial charge in [-0.1, -0.05) is 38.0 Å². The maximum absolute atomic E-state index is 4.87. The molecule has 2 N–H and O–H groups in total. The van der Waals surface area contributed by atoms with E-state index in [2.05, 4.69) is 53.8 Å². The van der Waals surface area contributed by atoms with Gasteiger partial charge in [0.2, 0.25) is 0 Å². The van der Waals surface area contributed by atoms with Crippen LogP contribution in [0, 0.1) is 12.8 Å². The number of para-hydroxylation sites is 1. The lowest BCUT2D eigenvalue weighted by Gasteiger charge is -2.27. The van der Waals surface area contributed by atoms with Gasteiger partial charge in [-0.15, -0.1) is 11.3 Å². The highest BCUT2D eigenvalue weighted by Crippen LogP contribution is 2.35. The summed E-state index contributed by atoms with van der Waals surface area (Å²) < 4.78 is 0. The van der Waals surface area contributed by atoms with Gasteiger partial charge in [0.15, 0.2) is 5.13 Å². The minimum Gasteiger partial charge on any atom is -0.359 e. The highest BCUT2D eigenvalue weighted by atomic mass is 32.1. The molecule has 23 heavy (non-hydrogen) atoms. The smallest absolute Gasteiger partial charge is 0.183 e. The Hall–Kier alpha value is -1.81. The standard InChI is InChI=1S/C19H23N3S/c1-12-6-5-7-14(10-12)21-19-22-17(11-23-19)18-13(2)20-16-9-4-3-8-15(16)18/h3-4,8-9,11-12,14,20H,5-7,10H2,1-2H3,(H,21,22). The maximum Gasteiger partial charge on any atom is 0.183 e. The first-order valence-corrected chi connectivity index (χ1v) is 9.38. The first kappa shape index (κ1) is 14.8. The van der Waals surface area contributed by atoms with Gasteiger partial charge in [-0.05, 0) is 31.7 Å². The third-order valence-electron chi connectivity index (χ3n) is 4.92. The number of H-pyrrole nitrogens is 1. The minimum atomic E-state index is 0.585. The fraction of sp³-hybridized carbons (Fsp3) is 0.421. The Bertz CT molecular complexity index is 817. The number of aromatic nitrogens is 2. The zero-order valence-electron chi connectivity index (χ0n) is 13.7. The molecule has 0 amide bonds. The van der Waals surface area contributed by atoms with Crippen LogP contribution in [-0.2, 0) is 0 Å². The van der Waals surface area contributed by atoms with Gasteiger partial charge >= 0.3 is 0 Å². The SMILES string of the molecule is Cc1[nH]c2ccccc2c1-c1csc(NC2CCCC(C)C2)n1. The van der Waals surface area contributed by atoms with Crippen molar-refractivity contribution in [3.05, 3.63) is 35.3 Å². The number of nitrogens with zero attached hydrogens (tertiary/aromatic N) is 1.